The first-order chi connectivity index (χ1) is 51.9. The molecule has 2 bridgehead atoms. The number of nitrogens with one attached hydrogen (secondary N) is 3. The molecule has 2 unspecified atom stereocenters. The third kappa shape index (κ3) is 21.4. The van der Waals surface area contributed by atoms with Gasteiger partial charge in [-0.05, 0) is 152 Å². The number of fused-ring (bicyclic) bond motifs is 3. The summed E-state index contributed by atoms with van der Waals surface area (Å²) in [6.07, 6.45) is -23.8. The van der Waals surface area contributed by atoms with Crippen molar-refractivity contribution in [1.29, 1.82) is 0 Å². The lowest BCUT2D eigenvalue weighted by Crippen LogP contribution is -2.68. The maximum atomic E-state index is 15.7. The number of alkyl halides is 11. The van der Waals surface area contributed by atoms with Crippen molar-refractivity contribution in [2.45, 2.75) is 260 Å². The summed E-state index contributed by atoms with van der Waals surface area (Å²) >= 11 is 0. The highest BCUT2D eigenvalue weighted by Gasteiger charge is 2.58. The van der Waals surface area contributed by atoms with Gasteiger partial charge >= 0.3 is 18.5 Å². The summed E-state index contributed by atoms with van der Waals surface area (Å²) < 4.78 is 166. The van der Waals surface area contributed by atoms with Gasteiger partial charge in [0.25, 0.3) is 0 Å². The topological polar surface area (TPSA) is 279 Å². The first-order valence-corrected chi connectivity index (χ1v) is 39.3. The van der Waals surface area contributed by atoms with Crippen molar-refractivity contribution in [3.63, 3.8) is 0 Å². The van der Waals surface area contributed by atoms with Crippen molar-refractivity contribution < 1.29 is 111 Å². The average Bonchev–Trinajstić information content (AvgIpc) is 1.54. The van der Waals surface area contributed by atoms with Gasteiger partial charge < -0.3 is 64.8 Å². The molecule has 3 N–H and O–H groups in total. The van der Waals surface area contributed by atoms with Crippen molar-refractivity contribution >= 4 is 70.9 Å². The van der Waals surface area contributed by atoms with Crippen LogP contribution in [0.1, 0.15) is 175 Å². The Morgan fingerprint density at radius 1 is 0.559 bits per heavy atom. The zero-order valence-electron chi connectivity index (χ0n) is 65.3. The van der Waals surface area contributed by atoms with Gasteiger partial charge in [0, 0.05) is 68.5 Å². The number of hydrogen-bond donors (Lipinski definition) is 3. The molecule has 0 aromatic carbocycles. The highest BCUT2D eigenvalue weighted by molar-refractivity contribution is 6.01. The zero-order chi connectivity index (χ0) is 82.3. The molecule has 8 fully saturated rings. The molecule has 12 atom stereocenters. The van der Waals surface area contributed by atoms with E-state index in [1.807, 2.05) is 0 Å². The van der Waals surface area contributed by atoms with Crippen LogP contribution >= 0.6 is 0 Å². The van der Waals surface area contributed by atoms with Gasteiger partial charge in [0.2, 0.25) is 70.9 Å². The first-order valence-electron chi connectivity index (χ1n) is 39.3. The Morgan fingerprint density at radius 2 is 1.15 bits per heavy atom. The van der Waals surface area contributed by atoms with Crippen LogP contribution in [0.2, 0.25) is 0 Å². The molecule has 4 saturated heterocycles. The molecule has 111 heavy (non-hydrogen) atoms. The number of rotatable bonds is 11. The Morgan fingerprint density at radius 3 is 1.71 bits per heavy atom. The second-order valence-electron chi connectivity index (χ2n) is 33.0. The molecule has 1 spiro atoms. The van der Waals surface area contributed by atoms with Crippen molar-refractivity contribution in [3.05, 3.63) is 0 Å². The normalized spacial score (nSPS) is 32.2. The average molecular weight is 1600 g/mol. The van der Waals surface area contributed by atoms with Gasteiger partial charge in [-0.3, -0.25) is 57.5 Å². The Balaban J connectivity index is 1.21. The molecule has 0 aromatic heterocycles. The van der Waals surface area contributed by atoms with E-state index < -0.39 is 255 Å². The van der Waals surface area contributed by atoms with Gasteiger partial charge in [0.05, 0.1) is 44.6 Å². The standard InChI is InChI=1S/C75H113F11N12O13/c1-11-43(4)61-69(108)91(6)41-59(101)92(7)52-19-14-15-28-97(68(52)107)56(36-44-20-23-47(24-21-44)73(78,79)80)66(105)90(5)40-57(99)87-51(25-22-45-34-49(76)60(50(77)35-45)75(84,85)86)65(104)98-39-48(74(81,82)83)37-54(98)64(103)89-72(26-16-27-72)71(110)95(10)62(46-17-12-13-18-46)70(109)94(9)55(67(106)96-29-31-111-32-30-96)38-58(100)93(8)53(33-42(2)3)63(102)88-61/h42-56,60-62H,11-41H2,1-10H3,(H,87,99)(H,88,102)(H,89,103)/t43-,44?,45?,47?,48+,49?,50?,51-,52-,53-,54-,55-,56-,60?,61-,62-/m0/s1. The summed E-state index contributed by atoms with van der Waals surface area (Å²) in [5, 5.41) is 7.88. The van der Waals surface area contributed by atoms with Crippen molar-refractivity contribution in [2.75, 3.05) is 94.8 Å². The van der Waals surface area contributed by atoms with Gasteiger partial charge in [-0.1, -0.05) is 47.0 Å². The minimum absolute atomic E-state index is 0.00651. The summed E-state index contributed by atoms with van der Waals surface area (Å²) in [5.74, 6) is -21.7. The smallest absolute Gasteiger partial charge is 0.378 e. The molecular formula is C75H113F11N12O13. The van der Waals surface area contributed by atoms with Crippen LogP contribution in [0.25, 0.3) is 0 Å². The molecule has 4 aliphatic carbocycles. The molecule has 4 heterocycles. The monoisotopic (exact) mass is 1600 g/mol. The van der Waals surface area contributed by atoms with E-state index in [0.29, 0.717) is 37.0 Å². The number of ether oxygens (including phenoxy) is 1. The molecular weight excluding hydrogens is 1490 g/mol. The van der Waals surface area contributed by atoms with Crippen LogP contribution in [-0.2, 0) is 62.3 Å². The van der Waals surface area contributed by atoms with E-state index in [1.54, 1.807) is 27.7 Å². The zero-order valence-corrected chi connectivity index (χ0v) is 65.3. The van der Waals surface area contributed by atoms with Crippen LogP contribution in [0.3, 0.4) is 0 Å². The number of likely N-dealkylation sites (N-methyl/N-ethyl adjacent to an activating group) is 6. The van der Waals surface area contributed by atoms with Crippen LogP contribution < -0.4 is 16.0 Å². The fourth-order valence-electron chi connectivity index (χ4n) is 17.7. The molecule has 36 heteroatoms. The second kappa shape index (κ2) is 37.4. The third-order valence-corrected chi connectivity index (χ3v) is 25.0. The van der Waals surface area contributed by atoms with Crippen molar-refractivity contribution in [3.8, 4) is 0 Å². The summed E-state index contributed by atoms with van der Waals surface area (Å²) in [6.45, 7) is 4.20. The predicted molar refractivity (Wildman–Crippen MR) is 379 cm³/mol. The molecule has 0 radical (unpaired) electrons. The van der Waals surface area contributed by atoms with Crippen LogP contribution in [-0.4, -0.2) is 294 Å². The number of carbonyl (C=O) groups excluding carboxylic acids is 12. The molecule has 25 nitrogen and oxygen atoms in total. The van der Waals surface area contributed by atoms with Gasteiger partial charge in [-0.2, -0.15) is 39.5 Å². The number of morpholine rings is 1. The predicted octanol–water partition coefficient (Wildman–Crippen LogP) is 6.73. The number of amides is 12. The van der Waals surface area contributed by atoms with Gasteiger partial charge in [-0.25, -0.2) is 8.78 Å². The molecule has 8 aliphatic rings. The van der Waals surface area contributed by atoms with Crippen LogP contribution in [0, 0.1) is 47.3 Å². The van der Waals surface area contributed by atoms with Crippen molar-refractivity contribution in [2.24, 2.45) is 47.3 Å². The lowest BCUT2D eigenvalue weighted by molar-refractivity contribution is -0.219. The summed E-state index contributed by atoms with van der Waals surface area (Å²) in [4.78, 5) is 191. The second-order valence-corrected chi connectivity index (χ2v) is 33.0. The summed E-state index contributed by atoms with van der Waals surface area (Å²) in [6, 6.07) is -12.7. The Kier molecular flexibility index (Phi) is 30.1. The van der Waals surface area contributed by atoms with Crippen LogP contribution in [0.4, 0.5) is 48.3 Å². The van der Waals surface area contributed by atoms with E-state index in [9.17, 15) is 45.5 Å². The summed E-state index contributed by atoms with van der Waals surface area (Å²) in [5.41, 5.74) is -1.95. The Hall–Kier alpha value is -7.17. The van der Waals surface area contributed by atoms with Gasteiger partial charge in [-0.15, -0.1) is 0 Å². The highest BCUT2D eigenvalue weighted by atomic mass is 19.4. The highest BCUT2D eigenvalue weighted by Crippen LogP contribution is 2.46. The molecule has 4 aliphatic heterocycles. The molecule has 12 amide bonds. The van der Waals surface area contributed by atoms with E-state index >= 15 is 60.3 Å². The van der Waals surface area contributed by atoms with E-state index in [2.05, 4.69) is 16.0 Å². The Bertz CT molecular complexity index is 3320. The summed E-state index contributed by atoms with van der Waals surface area (Å²) in [7, 11) is 7.63. The molecule has 4 saturated carbocycles. The maximum absolute atomic E-state index is 15.7. The van der Waals surface area contributed by atoms with Crippen LogP contribution in [0.5, 0.6) is 0 Å². The van der Waals surface area contributed by atoms with E-state index in [-0.39, 0.29) is 116 Å². The van der Waals surface area contributed by atoms with Crippen molar-refractivity contribution in [1.82, 2.24) is 60.0 Å². The SMILES string of the molecule is CC[C@H](C)[C@@H]1NC(=O)[C@H](CC(C)C)N(C)C(=O)C[C@@H](C(=O)N2CCOCC2)N(C)C(=O)[C@H](C2CCCC2)N(C)C(=O)C2(CCC2)NC(=O)[C@@H]2C[C@@H](C(F)(F)F)CN2C(=O)[C@H](CCC2CC(F)C(C(F)(F)F)C(F)C2)NC(=O)CN(C)C(=O)[C@H](CC2CCC(C(F)(F)F)CC2)N2CCCC[C@@H](C2=O)N(C)C(=O)CN(C)C1=O. The fourth-order valence-corrected chi connectivity index (χ4v) is 17.7. The lowest BCUT2D eigenvalue weighted by Gasteiger charge is -2.47. The minimum Gasteiger partial charge on any atom is -0.378 e. The Labute approximate surface area is 641 Å². The van der Waals surface area contributed by atoms with E-state index in [4.69, 9.17) is 4.74 Å². The van der Waals surface area contributed by atoms with Gasteiger partial charge in [0.1, 0.15) is 72.1 Å². The quantitative estimate of drug-likeness (QED) is 0.181. The van der Waals surface area contributed by atoms with E-state index in [1.165, 1.54) is 45.0 Å². The number of hydrogen-bond acceptors (Lipinski definition) is 13. The number of nitrogens with zero attached hydrogens (tertiary/aromatic N) is 9. The third-order valence-electron chi connectivity index (χ3n) is 25.0. The fraction of sp³-hybridized carbons (Fsp3) is 0.840. The lowest BCUT2D eigenvalue weighted by atomic mass is 9.74. The van der Waals surface area contributed by atoms with E-state index in [0.717, 1.165) is 36.4 Å². The molecule has 628 valence electrons. The molecule has 0 aromatic rings. The minimum atomic E-state index is -5.30. The maximum Gasteiger partial charge on any atom is 0.397 e. The first kappa shape index (κ1) is 89.4. The number of halogens is 11. The van der Waals surface area contributed by atoms with Crippen LogP contribution in [0.15, 0.2) is 0 Å². The number of carbonyl (C=O) groups is 12. The largest absolute Gasteiger partial charge is 0.397 e. The molecule has 8 rings (SSSR count). The van der Waals surface area contributed by atoms with Gasteiger partial charge in [0.15, 0.2) is 0 Å².